The van der Waals surface area contributed by atoms with E-state index < -0.39 is 11.9 Å². The van der Waals surface area contributed by atoms with Gasteiger partial charge in [-0.3, -0.25) is 15.2 Å². The largest absolute Gasteiger partial charge is 0.398 e. The third-order valence-corrected chi connectivity index (χ3v) is 8.44. The Morgan fingerprint density at radius 3 is 2.61 bits per heavy atom. The van der Waals surface area contributed by atoms with Gasteiger partial charge in [-0.1, -0.05) is 12.6 Å². The molecule has 1 saturated heterocycles. The molecule has 0 spiro atoms. The van der Waals surface area contributed by atoms with Gasteiger partial charge in [-0.05, 0) is 57.0 Å². The highest BCUT2D eigenvalue weighted by Crippen LogP contribution is 2.43. The molecule has 5 rings (SSSR count). The first-order chi connectivity index (χ1) is 20.9. The summed E-state index contributed by atoms with van der Waals surface area (Å²) in [4.78, 5) is 27.2. The lowest BCUT2D eigenvalue weighted by atomic mass is 9.95. The molecular formula is C32H38FN9O2. The van der Waals surface area contributed by atoms with E-state index in [1.165, 1.54) is 6.08 Å². The van der Waals surface area contributed by atoms with Gasteiger partial charge in [0.15, 0.2) is 5.82 Å². The van der Waals surface area contributed by atoms with Crippen molar-refractivity contribution in [2.24, 2.45) is 0 Å². The van der Waals surface area contributed by atoms with Crippen molar-refractivity contribution in [2.75, 3.05) is 42.6 Å². The average Bonchev–Trinajstić information content (AvgIpc) is 3.09. The van der Waals surface area contributed by atoms with Crippen molar-refractivity contribution in [1.29, 1.82) is 10.8 Å². The number of piperazine rings is 1. The van der Waals surface area contributed by atoms with E-state index in [1.807, 2.05) is 18.7 Å². The standard InChI is InChI=1S/C32H38FN9O2/c1-7-23(44)41-13-18(4)42-20(15-41)14-40(6)30-25(31(42)36)32(38-27-17(3)10-11-37-28(27)19(5)43)39-29(26(30)33)24-16(2)8-9-22(35)21(24)12-34/h7-12,18-20,34,36,43H,1,13-15,35H2,2-6H3,(H,38,39). The molecule has 3 aromatic rings. The van der Waals surface area contributed by atoms with Gasteiger partial charge in [0.25, 0.3) is 0 Å². The van der Waals surface area contributed by atoms with E-state index in [-0.39, 0.29) is 46.6 Å². The summed E-state index contributed by atoms with van der Waals surface area (Å²) in [7, 11) is 1.76. The Balaban J connectivity index is 1.80. The van der Waals surface area contributed by atoms with Crippen molar-refractivity contribution >= 4 is 40.8 Å². The summed E-state index contributed by atoms with van der Waals surface area (Å²) in [6, 6.07) is 4.65. The molecule has 1 aromatic carbocycles. The van der Waals surface area contributed by atoms with Crippen LogP contribution in [0.1, 0.15) is 47.9 Å². The Morgan fingerprint density at radius 1 is 1.23 bits per heavy atom. The smallest absolute Gasteiger partial charge is 0.246 e. The fourth-order valence-corrected chi connectivity index (χ4v) is 6.36. The van der Waals surface area contributed by atoms with Gasteiger partial charge < -0.3 is 36.3 Å². The third-order valence-electron chi connectivity index (χ3n) is 8.44. The van der Waals surface area contributed by atoms with Crippen LogP contribution in [-0.4, -0.2) is 81.6 Å². The zero-order valence-electron chi connectivity index (χ0n) is 25.6. The zero-order valence-corrected chi connectivity index (χ0v) is 25.6. The second kappa shape index (κ2) is 11.7. The highest BCUT2D eigenvalue weighted by molar-refractivity contribution is 6.09. The number of pyridine rings is 2. The average molecular weight is 600 g/mol. The van der Waals surface area contributed by atoms with Crippen LogP contribution in [0.4, 0.5) is 27.3 Å². The summed E-state index contributed by atoms with van der Waals surface area (Å²) in [5.74, 6) is -0.593. The maximum absolute atomic E-state index is 17.0. The fourth-order valence-electron chi connectivity index (χ4n) is 6.36. The molecule has 0 bridgehead atoms. The molecule has 1 amide bonds. The number of nitrogens with one attached hydrogen (secondary N) is 3. The number of halogens is 1. The first-order valence-electron chi connectivity index (χ1n) is 14.4. The Bertz CT molecular complexity index is 1690. The molecule has 11 nitrogen and oxygen atoms in total. The molecule has 0 radical (unpaired) electrons. The van der Waals surface area contributed by atoms with Crippen molar-refractivity contribution in [3.8, 4) is 11.3 Å². The number of nitrogens with zero attached hydrogens (tertiary/aromatic N) is 5. The van der Waals surface area contributed by atoms with Crippen LogP contribution in [0.5, 0.6) is 0 Å². The molecular weight excluding hydrogens is 561 g/mol. The van der Waals surface area contributed by atoms with Crippen molar-refractivity contribution in [3.05, 3.63) is 70.8 Å². The van der Waals surface area contributed by atoms with Crippen LogP contribution in [-0.2, 0) is 4.79 Å². The molecule has 2 aromatic heterocycles. The number of aryl methyl sites for hydroxylation is 2. The van der Waals surface area contributed by atoms with Crippen LogP contribution in [0.3, 0.4) is 0 Å². The predicted octanol–water partition coefficient (Wildman–Crippen LogP) is 4.14. The van der Waals surface area contributed by atoms with E-state index >= 15 is 4.39 Å². The molecule has 1 fully saturated rings. The molecule has 4 heterocycles. The van der Waals surface area contributed by atoms with E-state index in [1.54, 1.807) is 55.1 Å². The van der Waals surface area contributed by atoms with Crippen LogP contribution in [0, 0.1) is 30.5 Å². The molecule has 230 valence electrons. The van der Waals surface area contributed by atoms with Crippen LogP contribution in [0.25, 0.3) is 11.3 Å². The number of fused-ring (bicyclic) bond motifs is 2. The number of hydrogen-bond acceptors (Lipinski definition) is 9. The normalized spacial score (nSPS) is 18.7. The molecule has 2 aliphatic rings. The fraction of sp³-hybridized carbons (Fsp3) is 0.344. The van der Waals surface area contributed by atoms with Crippen LogP contribution in [0.2, 0.25) is 0 Å². The van der Waals surface area contributed by atoms with Crippen molar-refractivity contribution in [1.82, 2.24) is 19.8 Å². The summed E-state index contributed by atoms with van der Waals surface area (Å²) >= 11 is 0. The number of carbonyl (C=O) groups is 1. The number of benzene rings is 1. The first-order valence-corrected chi connectivity index (χ1v) is 14.4. The number of aliphatic hydroxyl groups excluding tert-OH is 1. The van der Waals surface area contributed by atoms with E-state index in [9.17, 15) is 15.3 Å². The zero-order chi connectivity index (χ0) is 32.0. The Morgan fingerprint density at radius 2 is 1.95 bits per heavy atom. The van der Waals surface area contributed by atoms with Crippen LogP contribution < -0.4 is 16.0 Å². The first kappa shape index (κ1) is 30.6. The van der Waals surface area contributed by atoms with E-state index in [0.717, 1.165) is 11.8 Å². The number of anilines is 4. The van der Waals surface area contributed by atoms with Gasteiger partial charge >= 0.3 is 0 Å². The van der Waals surface area contributed by atoms with Gasteiger partial charge in [0, 0.05) is 61.9 Å². The number of likely N-dealkylation sites (N-methyl/N-ethyl adjacent to an activating group) is 1. The third kappa shape index (κ3) is 5.04. The summed E-state index contributed by atoms with van der Waals surface area (Å²) < 4.78 is 17.0. The molecule has 3 unspecified atom stereocenters. The van der Waals surface area contributed by atoms with Crippen LogP contribution >= 0.6 is 0 Å². The van der Waals surface area contributed by atoms with Gasteiger partial charge in [-0.25, -0.2) is 9.37 Å². The second-order valence-electron chi connectivity index (χ2n) is 11.5. The van der Waals surface area contributed by atoms with Gasteiger partial charge in [-0.15, -0.1) is 0 Å². The summed E-state index contributed by atoms with van der Waals surface area (Å²) in [5, 5.41) is 31.5. The molecule has 0 aliphatic carbocycles. The lowest BCUT2D eigenvalue weighted by molar-refractivity contribution is -0.129. The lowest BCUT2D eigenvalue weighted by Crippen LogP contribution is -2.62. The highest BCUT2D eigenvalue weighted by Gasteiger charge is 2.42. The molecule has 12 heteroatoms. The monoisotopic (exact) mass is 599 g/mol. The number of aliphatic hydroxyl groups is 1. The Hall–Kier alpha value is -4.84. The second-order valence-corrected chi connectivity index (χ2v) is 11.5. The number of aromatic nitrogens is 2. The number of hydrogen-bond donors (Lipinski definition) is 5. The maximum atomic E-state index is 17.0. The van der Waals surface area contributed by atoms with Crippen molar-refractivity contribution in [3.63, 3.8) is 0 Å². The molecule has 44 heavy (non-hydrogen) atoms. The molecule has 2 aliphatic heterocycles. The minimum absolute atomic E-state index is 0.0225. The number of nitrogen functional groups attached to an aromatic ring is 1. The van der Waals surface area contributed by atoms with E-state index in [4.69, 9.17) is 16.1 Å². The Kier molecular flexibility index (Phi) is 8.13. The minimum atomic E-state index is -0.918. The number of amidine groups is 1. The van der Waals surface area contributed by atoms with Crippen LogP contribution in [0.15, 0.2) is 37.1 Å². The van der Waals surface area contributed by atoms with Gasteiger partial charge in [-0.2, -0.15) is 0 Å². The number of nitrogens with two attached hydrogens (primary N) is 1. The summed E-state index contributed by atoms with van der Waals surface area (Å²) in [6.07, 6.45) is 3.06. The summed E-state index contributed by atoms with van der Waals surface area (Å²) in [6.45, 7) is 11.9. The number of rotatable bonds is 6. The predicted molar refractivity (Wildman–Crippen MR) is 172 cm³/mol. The minimum Gasteiger partial charge on any atom is -0.398 e. The highest BCUT2D eigenvalue weighted by atomic mass is 19.1. The van der Waals surface area contributed by atoms with Crippen molar-refractivity contribution in [2.45, 2.75) is 45.9 Å². The van der Waals surface area contributed by atoms with Gasteiger partial charge in [0.1, 0.15) is 17.3 Å². The SMILES string of the molecule is C=CC(=O)N1CC(C)N2C(=N)c3c(Nc4c(C)ccnc4C(C)O)nc(-c4c(C)ccc(N)c4C=N)c(F)c3N(C)CC2C1. The van der Waals surface area contributed by atoms with Gasteiger partial charge in [0.05, 0.1) is 34.8 Å². The Labute approximate surface area is 256 Å². The molecule has 3 atom stereocenters. The van der Waals surface area contributed by atoms with E-state index in [2.05, 4.69) is 16.9 Å². The lowest BCUT2D eigenvalue weighted by Gasteiger charge is -2.46. The van der Waals surface area contributed by atoms with Gasteiger partial charge in [0.2, 0.25) is 5.91 Å². The van der Waals surface area contributed by atoms with Crippen molar-refractivity contribution < 1.29 is 14.3 Å². The molecule has 6 N–H and O–H groups in total. The quantitative estimate of drug-likeness (QED) is 0.161. The maximum Gasteiger partial charge on any atom is 0.246 e. The summed E-state index contributed by atoms with van der Waals surface area (Å²) in [5.41, 5.74) is 9.95. The molecule has 0 saturated carbocycles. The van der Waals surface area contributed by atoms with E-state index in [0.29, 0.717) is 53.4 Å². The number of amides is 1. The number of carbonyl (C=O) groups excluding carboxylic acids is 1. The topological polar surface area (TPSA) is 159 Å².